The van der Waals surface area contributed by atoms with Gasteiger partial charge in [0.15, 0.2) is 0 Å². The molecule has 4 heteroatoms. The van der Waals surface area contributed by atoms with Gasteiger partial charge in [-0.25, -0.2) is 0 Å². The van der Waals surface area contributed by atoms with Gasteiger partial charge in [0.2, 0.25) is 0 Å². The summed E-state index contributed by atoms with van der Waals surface area (Å²) in [5.74, 6) is -1.15. The Morgan fingerprint density at radius 2 is 1.12 bits per heavy atom. The smallest absolute Gasteiger partial charge is 0.310 e. The highest BCUT2D eigenvalue weighted by Crippen LogP contribution is 2.41. The van der Waals surface area contributed by atoms with Gasteiger partial charge in [-0.3, -0.25) is 4.79 Å². The number of carboxylic acids is 1. The van der Waals surface area contributed by atoms with E-state index in [9.17, 15) is 15.0 Å². The van der Waals surface area contributed by atoms with Crippen molar-refractivity contribution in [2.45, 2.75) is 143 Å². The first-order valence-corrected chi connectivity index (χ1v) is 13.5. The van der Waals surface area contributed by atoms with Crippen LogP contribution in [0.3, 0.4) is 0 Å². The molecule has 1 atom stereocenters. The molecule has 0 aromatic heterocycles. The summed E-state index contributed by atoms with van der Waals surface area (Å²) in [4.78, 5) is 11.2. The molecule has 1 aromatic carbocycles. The summed E-state index contributed by atoms with van der Waals surface area (Å²) in [6.45, 7) is 16.4. The Morgan fingerprint density at radius 1 is 0.765 bits per heavy atom. The largest absolute Gasteiger partial charge is 0.507 e. The highest BCUT2D eigenvalue weighted by molar-refractivity contribution is 5.76. The summed E-state index contributed by atoms with van der Waals surface area (Å²) in [6, 6.07) is 3.65. The number of aliphatic carboxylic acids is 1. The number of aliphatic hydroxyl groups excluding tert-OH is 1. The highest BCUT2D eigenvalue weighted by atomic mass is 16.4. The summed E-state index contributed by atoms with van der Waals surface area (Å²) in [5, 5.41) is 28.4. The van der Waals surface area contributed by atoms with E-state index in [0.717, 1.165) is 23.1 Å². The number of aromatic hydroxyl groups is 1. The van der Waals surface area contributed by atoms with Gasteiger partial charge in [0, 0.05) is 6.61 Å². The Morgan fingerprint density at radius 3 is 1.41 bits per heavy atom. The molecule has 0 aliphatic rings. The van der Waals surface area contributed by atoms with Gasteiger partial charge in [0.25, 0.3) is 0 Å². The van der Waals surface area contributed by atoms with E-state index in [-0.39, 0.29) is 16.6 Å². The SMILES string of the molecule is CC(C(=O)O)c1cc(C(C)(C)C)c(O)c(C(C)(C)C)c1.CCCCCCCCCCCCCO. The molecular weight excluding hydrogens is 424 g/mol. The number of hydrogen-bond acceptors (Lipinski definition) is 3. The van der Waals surface area contributed by atoms with Crippen molar-refractivity contribution < 1.29 is 20.1 Å². The lowest BCUT2D eigenvalue weighted by molar-refractivity contribution is -0.138. The molecule has 1 rings (SSSR count). The number of carboxylic acid groups (broad SMARTS) is 1. The maximum absolute atomic E-state index is 11.2. The van der Waals surface area contributed by atoms with Gasteiger partial charge in [-0.2, -0.15) is 0 Å². The number of phenolic OH excluding ortho intramolecular Hbond substituents is 1. The lowest BCUT2D eigenvalue weighted by Crippen LogP contribution is -2.19. The van der Waals surface area contributed by atoms with E-state index in [2.05, 4.69) is 6.92 Å². The second-order valence-corrected chi connectivity index (χ2v) is 11.8. The van der Waals surface area contributed by atoms with Crippen LogP contribution in [0.25, 0.3) is 0 Å². The lowest BCUT2D eigenvalue weighted by atomic mass is 9.77. The van der Waals surface area contributed by atoms with Crippen LogP contribution in [0, 0.1) is 0 Å². The molecule has 0 saturated carbocycles. The van der Waals surface area contributed by atoms with E-state index in [1.54, 1.807) is 6.92 Å². The minimum Gasteiger partial charge on any atom is -0.507 e. The number of phenols is 1. The summed E-state index contributed by atoms with van der Waals surface area (Å²) in [6.07, 6.45) is 14.8. The second-order valence-electron chi connectivity index (χ2n) is 11.8. The summed E-state index contributed by atoms with van der Waals surface area (Å²) >= 11 is 0. The van der Waals surface area contributed by atoms with Crippen LogP contribution in [0.1, 0.15) is 149 Å². The lowest BCUT2D eigenvalue weighted by Gasteiger charge is -2.28. The Bertz CT molecular complexity index is 648. The van der Waals surface area contributed by atoms with Crippen molar-refractivity contribution in [3.63, 3.8) is 0 Å². The Kier molecular flexibility index (Phi) is 15.4. The van der Waals surface area contributed by atoms with Crippen molar-refractivity contribution >= 4 is 5.97 Å². The normalized spacial score (nSPS) is 12.7. The molecule has 0 aliphatic heterocycles. The maximum atomic E-state index is 11.2. The van der Waals surface area contributed by atoms with E-state index < -0.39 is 11.9 Å². The fraction of sp³-hybridized carbons (Fsp3) is 0.767. The molecule has 34 heavy (non-hydrogen) atoms. The van der Waals surface area contributed by atoms with Crippen LogP contribution in [0.15, 0.2) is 12.1 Å². The number of aliphatic hydroxyl groups is 1. The van der Waals surface area contributed by atoms with Crippen LogP contribution in [-0.4, -0.2) is 27.9 Å². The second kappa shape index (κ2) is 16.2. The molecule has 4 nitrogen and oxygen atoms in total. The third-order valence-electron chi connectivity index (χ3n) is 6.38. The van der Waals surface area contributed by atoms with Crippen LogP contribution >= 0.6 is 0 Å². The molecule has 0 bridgehead atoms. The first kappa shape index (κ1) is 32.5. The zero-order chi connectivity index (χ0) is 26.4. The number of rotatable bonds is 13. The summed E-state index contributed by atoms with van der Waals surface area (Å²) in [5.41, 5.74) is 1.86. The minimum absolute atomic E-state index is 0.238. The highest BCUT2D eigenvalue weighted by Gasteiger charge is 2.28. The van der Waals surface area contributed by atoms with Crippen LogP contribution in [0.5, 0.6) is 5.75 Å². The quantitative estimate of drug-likeness (QED) is 0.248. The third kappa shape index (κ3) is 12.8. The number of carbonyl (C=O) groups is 1. The van der Waals surface area contributed by atoms with E-state index in [1.165, 1.54) is 64.2 Å². The van der Waals surface area contributed by atoms with Gasteiger partial charge in [-0.1, -0.05) is 125 Å². The van der Waals surface area contributed by atoms with Crippen LogP contribution < -0.4 is 0 Å². The number of hydrogen-bond donors (Lipinski definition) is 3. The van der Waals surface area contributed by atoms with Crippen molar-refractivity contribution in [1.29, 1.82) is 0 Å². The molecular formula is C30H54O4. The van der Waals surface area contributed by atoms with Gasteiger partial charge in [0.1, 0.15) is 5.75 Å². The predicted molar refractivity (Wildman–Crippen MR) is 145 cm³/mol. The first-order valence-electron chi connectivity index (χ1n) is 13.5. The first-order chi connectivity index (χ1) is 15.8. The Hall–Kier alpha value is -1.55. The van der Waals surface area contributed by atoms with E-state index in [1.807, 2.05) is 53.7 Å². The van der Waals surface area contributed by atoms with Crippen LogP contribution in [0.4, 0.5) is 0 Å². The zero-order valence-corrected chi connectivity index (χ0v) is 23.5. The summed E-state index contributed by atoms with van der Waals surface area (Å²) in [7, 11) is 0. The topological polar surface area (TPSA) is 77.8 Å². The van der Waals surface area contributed by atoms with Gasteiger partial charge in [-0.15, -0.1) is 0 Å². The van der Waals surface area contributed by atoms with Gasteiger partial charge < -0.3 is 15.3 Å². The van der Waals surface area contributed by atoms with E-state index in [4.69, 9.17) is 5.11 Å². The van der Waals surface area contributed by atoms with Crippen molar-refractivity contribution in [1.82, 2.24) is 0 Å². The summed E-state index contributed by atoms with van der Waals surface area (Å²) < 4.78 is 0. The monoisotopic (exact) mass is 478 g/mol. The molecule has 0 saturated heterocycles. The zero-order valence-electron chi connectivity index (χ0n) is 23.5. The molecule has 0 aliphatic carbocycles. The molecule has 0 radical (unpaired) electrons. The van der Waals surface area contributed by atoms with Gasteiger partial charge in [0.05, 0.1) is 5.92 Å². The van der Waals surface area contributed by atoms with Crippen LogP contribution in [0.2, 0.25) is 0 Å². The number of benzene rings is 1. The van der Waals surface area contributed by atoms with E-state index in [0.29, 0.717) is 6.61 Å². The average molecular weight is 479 g/mol. The average Bonchev–Trinajstić information content (AvgIpc) is 2.73. The predicted octanol–water partition coefficient (Wildman–Crippen LogP) is 8.47. The van der Waals surface area contributed by atoms with Crippen molar-refractivity contribution in [2.75, 3.05) is 6.61 Å². The van der Waals surface area contributed by atoms with Crippen LogP contribution in [-0.2, 0) is 15.6 Å². The third-order valence-corrected chi connectivity index (χ3v) is 6.38. The van der Waals surface area contributed by atoms with Crippen molar-refractivity contribution in [2.24, 2.45) is 0 Å². The van der Waals surface area contributed by atoms with E-state index >= 15 is 0 Å². The molecule has 0 fully saturated rings. The molecule has 1 aromatic rings. The maximum Gasteiger partial charge on any atom is 0.310 e. The number of unbranched alkanes of at least 4 members (excludes halogenated alkanes) is 10. The fourth-order valence-electron chi connectivity index (χ4n) is 3.97. The molecule has 0 amide bonds. The van der Waals surface area contributed by atoms with Crippen molar-refractivity contribution in [3.8, 4) is 5.75 Å². The fourth-order valence-corrected chi connectivity index (χ4v) is 3.97. The minimum atomic E-state index is -0.851. The van der Waals surface area contributed by atoms with Gasteiger partial charge in [-0.05, 0) is 40.9 Å². The molecule has 0 heterocycles. The molecule has 1 unspecified atom stereocenters. The molecule has 3 N–H and O–H groups in total. The molecule has 0 spiro atoms. The standard InChI is InChI=1S/C17H26O3.C13H28O/c1-10(15(19)20)11-8-12(16(2,3)4)14(18)13(9-11)17(5,6)7;1-2-3-4-5-6-7-8-9-10-11-12-13-14/h8-10,18H,1-7H3,(H,19,20);14H,2-13H2,1H3. The Labute approximate surface area is 210 Å². The molecule has 198 valence electrons. The van der Waals surface area contributed by atoms with Gasteiger partial charge >= 0.3 is 5.97 Å². The Balaban J connectivity index is 0.000000686. The van der Waals surface area contributed by atoms with Crippen molar-refractivity contribution in [3.05, 3.63) is 28.8 Å².